The van der Waals surface area contributed by atoms with Gasteiger partial charge in [0.15, 0.2) is 0 Å². The lowest BCUT2D eigenvalue weighted by atomic mass is 10.0. The highest BCUT2D eigenvalue weighted by Gasteiger charge is 2.18. The minimum absolute atomic E-state index is 0.0287. The van der Waals surface area contributed by atoms with Crippen molar-refractivity contribution in [2.75, 3.05) is 13.2 Å². The van der Waals surface area contributed by atoms with E-state index in [4.69, 9.17) is 4.74 Å². The highest BCUT2D eigenvalue weighted by Crippen LogP contribution is 2.21. The number of carbonyl (C=O) groups is 2. The number of aliphatic hydroxyl groups excluding tert-OH is 2. The van der Waals surface area contributed by atoms with Crippen LogP contribution in [0, 0.1) is 0 Å². The van der Waals surface area contributed by atoms with E-state index in [1.165, 1.54) is 430 Å². The maximum Gasteiger partial charge on any atom is 0.305 e. The van der Waals surface area contributed by atoms with E-state index in [0.29, 0.717) is 19.4 Å². The van der Waals surface area contributed by atoms with Crippen LogP contribution in [-0.2, 0) is 14.3 Å². The molecule has 0 rings (SSSR count). The molecule has 6 nitrogen and oxygen atoms in total. The van der Waals surface area contributed by atoms with Crippen LogP contribution in [0.1, 0.15) is 495 Å². The summed E-state index contributed by atoms with van der Waals surface area (Å²) in [4.78, 5) is 24.6. The van der Waals surface area contributed by atoms with Crippen molar-refractivity contribution in [1.29, 1.82) is 0 Å². The van der Waals surface area contributed by atoms with Gasteiger partial charge in [-0.15, -0.1) is 0 Å². The Morgan fingerprint density at radius 1 is 0.297 bits per heavy atom. The second-order valence-corrected chi connectivity index (χ2v) is 29.5. The van der Waals surface area contributed by atoms with Crippen LogP contribution < -0.4 is 5.32 Å². The second kappa shape index (κ2) is 81.0. The molecule has 6 heteroatoms. The number of rotatable bonds is 81. The van der Waals surface area contributed by atoms with Gasteiger partial charge in [0.05, 0.1) is 25.4 Å². The van der Waals surface area contributed by atoms with Gasteiger partial charge in [0.1, 0.15) is 0 Å². The first-order valence-corrected chi connectivity index (χ1v) is 42.5. The summed E-state index contributed by atoms with van der Waals surface area (Å²) in [5.74, 6) is -0.0282. The topological polar surface area (TPSA) is 95.9 Å². The van der Waals surface area contributed by atoms with Crippen molar-refractivity contribution in [2.24, 2.45) is 0 Å². The highest BCUT2D eigenvalue weighted by molar-refractivity contribution is 5.76. The minimum atomic E-state index is -0.840. The van der Waals surface area contributed by atoms with Crippen molar-refractivity contribution in [2.45, 2.75) is 508 Å². The number of ether oxygens (including phenoxy) is 1. The third-order valence-corrected chi connectivity index (χ3v) is 20.3. The van der Waals surface area contributed by atoms with Crippen LogP contribution in [0.25, 0.3) is 0 Å². The minimum Gasteiger partial charge on any atom is -0.466 e. The summed E-state index contributed by atoms with van der Waals surface area (Å²) in [5.41, 5.74) is 0. The molecule has 0 aliphatic rings. The maximum absolute atomic E-state index is 12.5. The maximum atomic E-state index is 12.5. The molecule has 0 aromatic heterocycles. The molecule has 3 N–H and O–H groups in total. The van der Waals surface area contributed by atoms with Gasteiger partial charge in [-0.05, 0) is 32.1 Å². The zero-order valence-corrected chi connectivity index (χ0v) is 62.4. The van der Waals surface area contributed by atoms with Crippen LogP contribution in [0.5, 0.6) is 0 Å². The van der Waals surface area contributed by atoms with Crippen molar-refractivity contribution in [3.8, 4) is 0 Å². The van der Waals surface area contributed by atoms with E-state index >= 15 is 0 Å². The summed E-state index contributed by atoms with van der Waals surface area (Å²) in [5, 5.41) is 23.3. The zero-order valence-electron chi connectivity index (χ0n) is 62.4. The summed E-state index contributed by atoms with van der Waals surface area (Å²) >= 11 is 0. The summed E-state index contributed by atoms with van der Waals surface area (Å²) in [6.07, 6.45) is 104. The Hall–Kier alpha value is -1.40. The van der Waals surface area contributed by atoms with E-state index in [2.05, 4.69) is 19.2 Å². The average molecular weight is 1280 g/mol. The first kappa shape index (κ1) is 89.6. The molecule has 2 atom stereocenters. The molecule has 2 unspecified atom stereocenters. The Morgan fingerprint density at radius 3 is 0.747 bits per heavy atom. The quantitative estimate of drug-likeness (QED) is 0.0320. The van der Waals surface area contributed by atoms with Crippen LogP contribution in [0.2, 0.25) is 0 Å². The number of allylic oxidation sites excluding steroid dienone is 1. The van der Waals surface area contributed by atoms with Crippen molar-refractivity contribution < 1.29 is 24.5 Å². The van der Waals surface area contributed by atoms with Crippen molar-refractivity contribution in [1.82, 2.24) is 5.32 Å². The number of nitrogens with one attached hydrogen (secondary N) is 1. The van der Waals surface area contributed by atoms with Crippen molar-refractivity contribution in [3.63, 3.8) is 0 Å². The van der Waals surface area contributed by atoms with Gasteiger partial charge in [0.25, 0.3) is 0 Å². The Balaban J connectivity index is 3.30. The summed E-state index contributed by atoms with van der Waals surface area (Å²) < 4.78 is 5.52. The van der Waals surface area contributed by atoms with Gasteiger partial charge in [-0.3, -0.25) is 9.59 Å². The number of aliphatic hydroxyl groups is 2. The Kier molecular flexibility index (Phi) is 79.8. The van der Waals surface area contributed by atoms with E-state index in [-0.39, 0.29) is 18.5 Å². The molecule has 0 aliphatic carbocycles. The Morgan fingerprint density at radius 2 is 0.505 bits per heavy atom. The van der Waals surface area contributed by atoms with E-state index in [1.54, 1.807) is 6.08 Å². The van der Waals surface area contributed by atoms with Gasteiger partial charge in [-0.25, -0.2) is 0 Å². The smallest absolute Gasteiger partial charge is 0.305 e. The van der Waals surface area contributed by atoms with E-state index in [9.17, 15) is 19.8 Å². The normalized spacial score (nSPS) is 12.4. The summed E-state index contributed by atoms with van der Waals surface area (Å²) in [6, 6.07) is -0.623. The lowest BCUT2D eigenvalue weighted by Crippen LogP contribution is -2.45. The molecule has 91 heavy (non-hydrogen) atoms. The van der Waals surface area contributed by atoms with Crippen LogP contribution in [0.4, 0.5) is 0 Å². The molecule has 0 spiro atoms. The van der Waals surface area contributed by atoms with Gasteiger partial charge in [0, 0.05) is 12.8 Å². The first-order chi connectivity index (χ1) is 45.0. The summed E-state index contributed by atoms with van der Waals surface area (Å²) in [6.45, 7) is 4.97. The summed E-state index contributed by atoms with van der Waals surface area (Å²) in [7, 11) is 0. The van der Waals surface area contributed by atoms with Gasteiger partial charge in [0.2, 0.25) is 5.91 Å². The first-order valence-electron chi connectivity index (χ1n) is 42.5. The number of amides is 1. The van der Waals surface area contributed by atoms with Crippen LogP contribution in [-0.4, -0.2) is 47.4 Å². The van der Waals surface area contributed by atoms with E-state index in [0.717, 1.165) is 38.5 Å². The number of hydrogen-bond donors (Lipinski definition) is 3. The molecule has 0 saturated carbocycles. The molecule has 0 aromatic rings. The third kappa shape index (κ3) is 77.5. The molecular weight excluding hydrogens is 1110 g/mol. The van der Waals surface area contributed by atoms with E-state index in [1.807, 2.05) is 6.08 Å². The fourth-order valence-electron chi connectivity index (χ4n) is 13.9. The monoisotopic (exact) mass is 1280 g/mol. The molecule has 1 amide bonds. The van der Waals surface area contributed by atoms with E-state index < -0.39 is 12.1 Å². The molecule has 542 valence electrons. The van der Waals surface area contributed by atoms with Gasteiger partial charge < -0.3 is 20.3 Å². The fraction of sp³-hybridized carbons (Fsp3) is 0.953. The van der Waals surface area contributed by atoms with Crippen LogP contribution in [0.15, 0.2) is 12.2 Å². The van der Waals surface area contributed by atoms with Crippen molar-refractivity contribution >= 4 is 11.9 Å². The number of esters is 1. The predicted octanol–water partition coefficient (Wildman–Crippen LogP) is 28.2. The molecule has 0 fully saturated rings. The Labute approximate surface area is 571 Å². The lowest BCUT2D eigenvalue weighted by Gasteiger charge is -2.20. The fourth-order valence-corrected chi connectivity index (χ4v) is 13.9. The predicted molar refractivity (Wildman–Crippen MR) is 403 cm³/mol. The molecule has 0 bridgehead atoms. The average Bonchev–Trinajstić information content (AvgIpc) is 3.58. The number of carbonyl (C=O) groups excluding carboxylic acids is 2. The SMILES string of the molecule is CCCCCCCCCCCCCCCCCCC/C=C/C(O)C(CO)NC(=O)CCCCCCCCCCCCCCCCCCCCCCCCCCCCCCCCCCCCCCCCCOC(=O)CCCCCCCCCCCCCCCCCC. The molecule has 0 saturated heterocycles. The number of unbranched alkanes of at least 4 members (excludes halogenated alkanes) is 70. The number of hydrogen-bond acceptors (Lipinski definition) is 5. The molecular formula is C85H167NO5. The van der Waals surface area contributed by atoms with Crippen molar-refractivity contribution in [3.05, 3.63) is 12.2 Å². The molecule has 0 aromatic carbocycles. The second-order valence-electron chi connectivity index (χ2n) is 29.5. The Bertz CT molecular complexity index is 1380. The van der Waals surface area contributed by atoms with Gasteiger partial charge >= 0.3 is 5.97 Å². The standard InChI is InChI=1S/C85H167NO5/c1-3-5-7-9-11-13-15-17-19-21-43-46-49-53-57-61-65-69-73-77-83(88)82(81-87)86-84(89)78-74-70-66-62-58-54-50-47-44-41-39-37-35-33-31-29-27-25-23-22-24-26-28-30-32-34-36-38-40-42-45-48-52-56-60-64-68-72-76-80-91-85(90)79-75-71-67-63-59-55-51-20-18-16-14-12-10-8-6-4-2/h73,77,82-83,87-88H,3-72,74-76,78-81H2,1-2H3,(H,86,89)/b77-73+. The largest absolute Gasteiger partial charge is 0.466 e. The highest BCUT2D eigenvalue weighted by atomic mass is 16.5. The third-order valence-electron chi connectivity index (χ3n) is 20.3. The lowest BCUT2D eigenvalue weighted by molar-refractivity contribution is -0.143. The van der Waals surface area contributed by atoms with Gasteiger partial charge in [-0.1, -0.05) is 463 Å². The van der Waals surface area contributed by atoms with Crippen LogP contribution >= 0.6 is 0 Å². The van der Waals surface area contributed by atoms with Gasteiger partial charge in [-0.2, -0.15) is 0 Å². The van der Waals surface area contributed by atoms with Crippen LogP contribution in [0.3, 0.4) is 0 Å². The molecule has 0 radical (unpaired) electrons. The molecule has 0 heterocycles. The molecule has 0 aliphatic heterocycles. The zero-order chi connectivity index (χ0) is 65.6.